The third kappa shape index (κ3) is 6.53. The Labute approximate surface area is 217 Å². The van der Waals surface area contributed by atoms with E-state index in [0.717, 1.165) is 45.2 Å². The Kier molecular flexibility index (Phi) is 8.58. The van der Waals surface area contributed by atoms with E-state index in [9.17, 15) is 13.2 Å². The van der Waals surface area contributed by atoms with Gasteiger partial charge in [0, 0.05) is 23.7 Å². The van der Waals surface area contributed by atoms with Crippen molar-refractivity contribution in [2.24, 2.45) is 5.92 Å². The molecule has 1 N–H and O–H groups in total. The topological polar surface area (TPSA) is 96.8 Å². The summed E-state index contributed by atoms with van der Waals surface area (Å²) >= 11 is 1.12. The number of nitrogens with zero attached hydrogens (tertiary/aromatic N) is 2. The number of aromatic nitrogens is 1. The fourth-order valence-electron chi connectivity index (χ4n) is 3.60. The number of hydrogen-bond acceptors (Lipinski definition) is 6. The van der Waals surface area contributed by atoms with Crippen molar-refractivity contribution in [3.8, 4) is 5.75 Å². The molecule has 1 heterocycles. The van der Waals surface area contributed by atoms with Gasteiger partial charge in [-0.05, 0) is 79.6 Å². The van der Waals surface area contributed by atoms with Gasteiger partial charge in [0.2, 0.25) is 4.34 Å². The molecule has 192 valence electrons. The standard InChI is InChI=1S/C27H32N2O5S2/c1-17(2)14-29(36(32,33)27-28-21(6)16-35-27)24-12-18(3)19(4)13-25(24)34-15-23-9-7-22(11-20(23)5)8-10-26(30)31/h7-13,16-17H,14-15H2,1-6H3,(H,30,31). The van der Waals surface area contributed by atoms with Gasteiger partial charge in [-0.3, -0.25) is 4.31 Å². The first-order valence-corrected chi connectivity index (χ1v) is 13.9. The zero-order valence-electron chi connectivity index (χ0n) is 21.4. The molecular weight excluding hydrogens is 496 g/mol. The minimum Gasteiger partial charge on any atom is -0.487 e. The third-order valence-electron chi connectivity index (χ3n) is 5.65. The molecule has 0 aliphatic rings. The molecule has 1 aromatic heterocycles. The second-order valence-electron chi connectivity index (χ2n) is 9.24. The lowest BCUT2D eigenvalue weighted by Crippen LogP contribution is -2.34. The van der Waals surface area contributed by atoms with Crippen LogP contribution >= 0.6 is 11.3 Å². The number of rotatable bonds is 10. The minimum absolute atomic E-state index is 0.0608. The highest BCUT2D eigenvalue weighted by Crippen LogP contribution is 2.37. The number of aryl methyl sites for hydroxylation is 4. The molecule has 0 saturated heterocycles. The fraction of sp³-hybridized carbons (Fsp3) is 0.333. The number of thiazole rings is 1. The summed E-state index contributed by atoms with van der Waals surface area (Å²) in [6, 6.07) is 9.34. The van der Waals surface area contributed by atoms with Crippen LogP contribution in [0.2, 0.25) is 0 Å². The van der Waals surface area contributed by atoms with Gasteiger partial charge in [0.25, 0.3) is 10.0 Å². The molecular formula is C27H32N2O5S2. The van der Waals surface area contributed by atoms with Crippen LogP contribution in [0.1, 0.15) is 47.4 Å². The van der Waals surface area contributed by atoms with Gasteiger partial charge < -0.3 is 9.84 Å². The summed E-state index contributed by atoms with van der Waals surface area (Å²) in [5.74, 6) is -0.454. The van der Waals surface area contributed by atoms with E-state index in [4.69, 9.17) is 9.84 Å². The highest BCUT2D eigenvalue weighted by molar-refractivity contribution is 7.94. The molecule has 0 saturated carbocycles. The first-order chi connectivity index (χ1) is 16.9. The van der Waals surface area contributed by atoms with Gasteiger partial charge in [0.05, 0.1) is 5.69 Å². The van der Waals surface area contributed by atoms with Crippen LogP contribution in [0.3, 0.4) is 0 Å². The van der Waals surface area contributed by atoms with E-state index in [-0.39, 0.29) is 23.4 Å². The van der Waals surface area contributed by atoms with Crippen LogP contribution in [-0.2, 0) is 21.4 Å². The van der Waals surface area contributed by atoms with Crippen molar-refractivity contribution in [1.29, 1.82) is 0 Å². The van der Waals surface area contributed by atoms with Crippen LogP contribution in [0.4, 0.5) is 5.69 Å². The molecule has 7 nitrogen and oxygen atoms in total. The van der Waals surface area contributed by atoms with Crippen molar-refractivity contribution in [1.82, 2.24) is 4.98 Å². The normalized spacial score (nSPS) is 11.9. The Morgan fingerprint density at radius 2 is 1.81 bits per heavy atom. The Bertz CT molecular complexity index is 1390. The number of carboxylic acid groups (broad SMARTS) is 1. The predicted octanol–water partition coefficient (Wildman–Crippen LogP) is 5.90. The molecule has 0 amide bonds. The summed E-state index contributed by atoms with van der Waals surface area (Å²) in [5, 5.41) is 10.6. The number of aliphatic carboxylic acids is 1. The molecule has 0 atom stereocenters. The number of carbonyl (C=O) groups is 1. The Balaban J connectivity index is 1.99. The first-order valence-electron chi connectivity index (χ1n) is 11.6. The second kappa shape index (κ2) is 11.3. The number of carboxylic acids is 1. The number of ether oxygens (including phenoxy) is 1. The van der Waals surface area contributed by atoms with E-state index < -0.39 is 16.0 Å². The van der Waals surface area contributed by atoms with Gasteiger partial charge in [0.1, 0.15) is 12.4 Å². The highest BCUT2D eigenvalue weighted by atomic mass is 32.2. The summed E-state index contributed by atoms with van der Waals surface area (Å²) in [6.45, 7) is 12.1. The maximum absolute atomic E-state index is 13.7. The third-order valence-corrected chi connectivity index (χ3v) is 8.78. The summed E-state index contributed by atoms with van der Waals surface area (Å²) in [6.07, 6.45) is 2.64. The summed E-state index contributed by atoms with van der Waals surface area (Å²) in [7, 11) is -3.89. The molecule has 0 fully saturated rings. The van der Waals surface area contributed by atoms with E-state index >= 15 is 0 Å². The average Bonchev–Trinajstić information content (AvgIpc) is 3.24. The lowest BCUT2D eigenvalue weighted by molar-refractivity contribution is -0.131. The summed E-state index contributed by atoms with van der Waals surface area (Å²) in [5.41, 5.74) is 5.74. The lowest BCUT2D eigenvalue weighted by Gasteiger charge is -2.28. The number of benzene rings is 2. The molecule has 36 heavy (non-hydrogen) atoms. The van der Waals surface area contributed by atoms with E-state index in [1.54, 1.807) is 12.3 Å². The largest absolute Gasteiger partial charge is 0.487 e. The van der Waals surface area contributed by atoms with E-state index in [0.29, 0.717) is 17.1 Å². The zero-order valence-corrected chi connectivity index (χ0v) is 23.0. The molecule has 9 heteroatoms. The SMILES string of the molecule is Cc1csc(S(=O)(=O)N(CC(C)C)c2cc(C)c(C)cc2OCc2ccc(C=CC(=O)O)cc2C)n1. The van der Waals surface area contributed by atoms with Crippen molar-refractivity contribution in [2.45, 2.75) is 52.5 Å². The average molecular weight is 529 g/mol. The summed E-state index contributed by atoms with van der Waals surface area (Å²) < 4.78 is 35.1. The first kappa shape index (κ1) is 27.4. The van der Waals surface area contributed by atoms with Crippen LogP contribution in [0, 0.1) is 33.6 Å². The molecule has 0 aliphatic heterocycles. The van der Waals surface area contributed by atoms with Crippen LogP contribution in [0.5, 0.6) is 5.75 Å². The van der Waals surface area contributed by atoms with Crippen LogP contribution in [0.15, 0.2) is 46.1 Å². The van der Waals surface area contributed by atoms with Gasteiger partial charge in [0.15, 0.2) is 0 Å². The maximum atomic E-state index is 13.7. The Hall–Kier alpha value is -3.17. The van der Waals surface area contributed by atoms with Crippen LogP contribution in [0.25, 0.3) is 6.08 Å². The van der Waals surface area contributed by atoms with Crippen molar-refractivity contribution < 1.29 is 23.1 Å². The van der Waals surface area contributed by atoms with Gasteiger partial charge in [-0.1, -0.05) is 32.0 Å². The monoisotopic (exact) mass is 528 g/mol. The number of sulfonamides is 1. The van der Waals surface area contributed by atoms with E-state index in [2.05, 4.69) is 4.98 Å². The Morgan fingerprint density at radius 3 is 2.39 bits per heavy atom. The second-order valence-corrected chi connectivity index (χ2v) is 12.1. The van der Waals surface area contributed by atoms with Crippen molar-refractivity contribution in [3.63, 3.8) is 0 Å². The van der Waals surface area contributed by atoms with Crippen molar-refractivity contribution in [2.75, 3.05) is 10.8 Å². The van der Waals surface area contributed by atoms with Gasteiger partial charge in [-0.25, -0.2) is 9.78 Å². The molecule has 0 aliphatic carbocycles. The van der Waals surface area contributed by atoms with Gasteiger partial charge in [-0.2, -0.15) is 8.42 Å². The number of hydrogen-bond donors (Lipinski definition) is 1. The maximum Gasteiger partial charge on any atom is 0.328 e. The van der Waals surface area contributed by atoms with E-state index in [1.807, 2.05) is 65.0 Å². The molecule has 0 bridgehead atoms. The van der Waals surface area contributed by atoms with Crippen LogP contribution in [-0.4, -0.2) is 31.0 Å². The molecule has 0 unspecified atom stereocenters. The molecule has 0 radical (unpaired) electrons. The smallest absolute Gasteiger partial charge is 0.328 e. The van der Waals surface area contributed by atoms with Crippen molar-refractivity contribution >= 4 is 39.1 Å². The molecule has 3 rings (SSSR count). The molecule has 0 spiro atoms. The van der Waals surface area contributed by atoms with Crippen LogP contribution < -0.4 is 9.04 Å². The fourth-order valence-corrected chi connectivity index (χ4v) is 6.36. The predicted molar refractivity (Wildman–Crippen MR) is 144 cm³/mol. The minimum atomic E-state index is -3.89. The molecule has 2 aromatic carbocycles. The summed E-state index contributed by atoms with van der Waals surface area (Å²) in [4.78, 5) is 15.0. The van der Waals surface area contributed by atoms with E-state index in [1.165, 1.54) is 10.4 Å². The molecule has 3 aromatic rings. The lowest BCUT2D eigenvalue weighted by atomic mass is 10.0. The van der Waals surface area contributed by atoms with Gasteiger partial charge in [-0.15, -0.1) is 11.3 Å². The Morgan fingerprint density at radius 1 is 1.11 bits per heavy atom. The van der Waals surface area contributed by atoms with Crippen molar-refractivity contribution in [3.05, 3.63) is 75.3 Å². The quantitative estimate of drug-likeness (QED) is 0.329. The number of anilines is 1. The highest BCUT2D eigenvalue weighted by Gasteiger charge is 2.31. The van der Waals surface area contributed by atoms with Gasteiger partial charge >= 0.3 is 5.97 Å². The zero-order chi connectivity index (χ0) is 26.6.